The second kappa shape index (κ2) is 8.44. The van der Waals surface area contributed by atoms with Crippen molar-refractivity contribution in [2.24, 2.45) is 0 Å². The van der Waals surface area contributed by atoms with E-state index in [2.05, 4.69) is 0 Å². The zero-order valence-electron chi connectivity index (χ0n) is 18.7. The van der Waals surface area contributed by atoms with Gasteiger partial charge >= 0.3 is 0 Å². The zero-order chi connectivity index (χ0) is 23.2. The molecule has 0 saturated carbocycles. The standard InChI is InChI=1S/C22H27N3O3S3/c1-12(2)19(27)24-25(20(28)13(3)4)31-21(30-24)17-15-10-8-9-11-16(15)23(14(5)26)22(6,7)18(17)29/h8-11,27-28H,1-7H3. The van der Waals surface area contributed by atoms with Gasteiger partial charge in [0, 0.05) is 42.0 Å². The van der Waals surface area contributed by atoms with Gasteiger partial charge in [-0.1, -0.05) is 30.4 Å². The first-order valence-electron chi connectivity index (χ1n) is 9.77. The van der Waals surface area contributed by atoms with Gasteiger partial charge in [0.1, 0.15) is 0 Å². The molecule has 0 spiro atoms. The van der Waals surface area contributed by atoms with Gasteiger partial charge in [0.25, 0.3) is 0 Å². The molecule has 166 valence electrons. The van der Waals surface area contributed by atoms with Gasteiger partial charge < -0.3 is 15.1 Å². The van der Waals surface area contributed by atoms with Crippen molar-refractivity contribution in [3.63, 3.8) is 0 Å². The van der Waals surface area contributed by atoms with Crippen molar-refractivity contribution >= 4 is 58.1 Å². The van der Waals surface area contributed by atoms with Gasteiger partial charge in [-0.25, -0.2) is 0 Å². The van der Waals surface area contributed by atoms with Gasteiger partial charge in [-0.05, 0) is 58.8 Å². The van der Waals surface area contributed by atoms with E-state index in [1.807, 2.05) is 38.1 Å². The Morgan fingerprint density at radius 1 is 0.935 bits per heavy atom. The molecule has 1 fully saturated rings. The highest BCUT2D eigenvalue weighted by atomic mass is 32.2. The van der Waals surface area contributed by atoms with Crippen LogP contribution in [0.3, 0.4) is 0 Å². The molecule has 1 aromatic rings. The SMILES string of the molecule is CC(=O)N1c2ccccc2C(=C2SN(C(O)=C(C)C)N(C(O)=C(C)C)S2)C(=S)C1(C)C. The van der Waals surface area contributed by atoms with E-state index >= 15 is 0 Å². The van der Waals surface area contributed by atoms with Crippen LogP contribution < -0.4 is 4.90 Å². The van der Waals surface area contributed by atoms with Crippen LogP contribution in [0.1, 0.15) is 54.0 Å². The lowest BCUT2D eigenvalue weighted by Gasteiger charge is -2.44. The smallest absolute Gasteiger partial charge is 0.224 e. The lowest BCUT2D eigenvalue weighted by atomic mass is 9.83. The third-order valence-corrected chi connectivity index (χ3v) is 8.05. The number of aliphatic hydroxyl groups excluding tert-OH is 2. The summed E-state index contributed by atoms with van der Waals surface area (Å²) in [6.45, 7) is 12.6. The van der Waals surface area contributed by atoms with Gasteiger partial charge in [-0.2, -0.15) is 8.83 Å². The highest BCUT2D eigenvalue weighted by Gasteiger charge is 2.45. The van der Waals surface area contributed by atoms with E-state index in [1.165, 1.54) is 23.9 Å². The molecule has 2 aliphatic rings. The summed E-state index contributed by atoms with van der Waals surface area (Å²) in [7, 11) is 0. The summed E-state index contributed by atoms with van der Waals surface area (Å²) in [6, 6.07) is 7.69. The largest absolute Gasteiger partial charge is 0.493 e. The summed E-state index contributed by atoms with van der Waals surface area (Å²) in [5, 5.41) is 21.4. The number of hydrogen-bond acceptors (Lipinski definition) is 8. The number of carbonyl (C=O) groups is 1. The molecule has 2 heterocycles. The monoisotopic (exact) mass is 477 g/mol. The molecule has 0 radical (unpaired) electrons. The number of hydrogen-bond donors (Lipinski definition) is 2. The number of amides is 1. The van der Waals surface area contributed by atoms with Crippen molar-refractivity contribution in [2.75, 3.05) is 4.90 Å². The third-order valence-electron chi connectivity index (χ3n) is 5.04. The Balaban J connectivity index is 2.26. The van der Waals surface area contributed by atoms with E-state index in [-0.39, 0.29) is 17.7 Å². The maximum Gasteiger partial charge on any atom is 0.224 e. The molecule has 3 rings (SSSR count). The first-order chi connectivity index (χ1) is 14.4. The summed E-state index contributed by atoms with van der Waals surface area (Å²) in [5.74, 6) is 0.00396. The fourth-order valence-electron chi connectivity index (χ4n) is 3.46. The maximum absolute atomic E-state index is 12.5. The number of fused-ring (bicyclic) bond motifs is 1. The highest BCUT2D eigenvalue weighted by molar-refractivity contribution is 8.23. The number of anilines is 1. The van der Waals surface area contributed by atoms with Gasteiger partial charge in [0.05, 0.1) is 20.3 Å². The fourth-order valence-corrected chi connectivity index (χ4v) is 6.41. The van der Waals surface area contributed by atoms with E-state index in [0.29, 0.717) is 16.0 Å². The second-order valence-electron chi connectivity index (χ2n) is 8.30. The van der Waals surface area contributed by atoms with E-state index < -0.39 is 5.54 Å². The molecule has 1 aromatic carbocycles. The van der Waals surface area contributed by atoms with Crippen molar-refractivity contribution in [1.29, 1.82) is 0 Å². The first kappa shape index (κ1) is 23.6. The summed E-state index contributed by atoms with van der Waals surface area (Å²) >= 11 is 8.51. The topological polar surface area (TPSA) is 67.2 Å². The molecular weight excluding hydrogens is 450 g/mol. The minimum Gasteiger partial charge on any atom is -0.493 e. The molecule has 0 aromatic heterocycles. The first-order valence-corrected chi connectivity index (χ1v) is 11.7. The molecule has 6 nitrogen and oxygen atoms in total. The van der Waals surface area contributed by atoms with Crippen LogP contribution in [0.25, 0.3) is 5.57 Å². The Hall–Kier alpha value is -2.10. The fraction of sp³-hybridized carbons (Fsp3) is 0.364. The minimum absolute atomic E-state index is 0.0422. The summed E-state index contributed by atoms with van der Waals surface area (Å²) in [6.07, 6.45) is 0. The summed E-state index contributed by atoms with van der Waals surface area (Å²) < 4.78 is 3.93. The van der Waals surface area contributed by atoms with E-state index in [1.54, 1.807) is 48.3 Å². The van der Waals surface area contributed by atoms with Gasteiger partial charge in [-0.15, -0.1) is 0 Å². The number of allylic oxidation sites excluding steroid dienone is 2. The average molecular weight is 478 g/mol. The van der Waals surface area contributed by atoms with E-state index in [0.717, 1.165) is 21.1 Å². The van der Waals surface area contributed by atoms with Crippen molar-refractivity contribution in [1.82, 2.24) is 8.83 Å². The van der Waals surface area contributed by atoms with Crippen LogP contribution in [0.2, 0.25) is 0 Å². The number of hydrazine groups is 1. The molecule has 1 amide bonds. The predicted octanol–water partition coefficient (Wildman–Crippen LogP) is 6.32. The molecule has 9 heteroatoms. The molecule has 0 unspecified atom stereocenters. The zero-order valence-corrected chi connectivity index (χ0v) is 21.1. The van der Waals surface area contributed by atoms with Gasteiger partial charge in [0.2, 0.25) is 17.7 Å². The van der Waals surface area contributed by atoms with Crippen molar-refractivity contribution in [2.45, 2.75) is 54.0 Å². The summed E-state index contributed by atoms with van der Waals surface area (Å²) in [5.41, 5.74) is 3.18. The van der Waals surface area contributed by atoms with Crippen LogP contribution in [0.15, 0.2) is 51.4 Å². The highest BCUT2D eigenvalue weighted by Crippen LogP contribution is 2.55. The Morgan fingerprint density at radius 3 is 1.87 bits per heavy atom. The number of thiocarbonyl (C=S) groups is 1. The molecular formula is C22H27N3O3S3. The Labute approximate surface area is 197 Å². The number of rotatable bonds is 2. The van der Waals surface area contributed by atoms with Crippen LogP contribution in [0.4, 0.5) is 5.69 Å². The van der Waals surface area contributed by atoms with Crippen LogP contribution in [0.5, 0.6) is 0 Å². The second-order valence-corrected chi connectivity index (χ2v) is 10.8. The predicted molar refractivity (Wildman–Crippen MR) is 134 cm³/mol. The molecule has 31 heavy (non-hydrogen) atoms. The van der Waals surface area contributed by atoms with Gasteiger partial charge in [-0.3, -0.25) is 4.79 Å². The maximum atomic E-state index is 12.5. The van der Waals surface area contributed by atoms with Gasteiger partial charge in [0.15, 0.2) is 0 Å². The molecule has 2 N–H and O–H groups in total. The molecule has 2 aliphatic heterocycles. The number of aliphatic hydroxyl groups is 2. The van der Waals surface area contributed by atoms with Crippen LogP contribution in [0, 0.1) is 0 Å². The molecule has 0 bridgehead atoms. The molecule has 1 saturated heterocycles. The van der Waals surface area contributed by atoms with Crippen molar-refractivity contribution in [3.05, 3.63) is 57.0 Å². The van der Waals surface area contributed by atoms with Crippen molar-refractivity contribution < 1.29 is 15.0 Å². The third kappa shape index (κ3) is 3.94. The molecule has 0 atom stereocenters. The van der Waals surface area contributed by atoms with E-state index in [4.69, 9.17) is 12.2 Å². The van der Waals surface area contributed by atoms with Crippen LogP contribution in [-0.4, -0.2) is 35.4 Å². The Bertz CT molecular complexity index is 1020. The number of nitrogens with zero attached hydrogens (tertiary/aromatic N) is 3. The number of benzene rings is 1. The normalized spacial score (nSPS) is 17.6. The minimum atomic E-state index is -0.714. The average Bonchev–Trinajstić information content (AvgIpc) is 3.11. The van der Waals surface area contributed by atoms with Crippen LogP contribution >= 0.6 is 36.1 Å². The Morgan fingerprint density at radius 2 is 1.42 bits per heavy atom. The lowest BCUT2D eigenvalue weighted by Crippen LogP contribution is -2.55. The lowest BCUT2D eigenvalue weighted by molar-refractivity contribution is -0.117. The quantitative estimate of drug-likeness (QED) is 0.222. The van der Waals surface area contributed by atoms with Crippen molar-refractivity contribution in [3.8, 4) is 0 Å². The summed E-state index contributed by atoms with van der Waals surface area (Å²) in [4.78, 5) is 14.9. The molecule has 0 aliphatic carbocycles. The number of carbonyl (C=O) groups excluding carboxylic acids is 1. The van der Waals surface area contributed by atoms with E-state index in [9.17, 15) is 15.0 Å². The Kier molecular flexibility index (Phi) is 6.42. The van der Waals surface area contributed by atoms with Crippen LogP contribution in [-0.2, 0) is 4.79 Å². The number of para-hydroxylation sites is 1.